The number of nitrogens with zero attached hydrogens (tertiary/aromatic N) is 3. The van der Waals surface area contributed by atoms with E-state index in [0.29, 0.717) is 52.5 Å². The molecular weight excluding hydrogens is 308 g/mol. The van der Waals surface area contributed by atoms with E-state index >= 15 is 0 Å². The van der Waals surface area contributed by atoms with Gasteiger partial charge in [-0.05, 0) is 19.4 Å². The number of hydrogen-bond donors (Lipinski definition) is 1. The van der Waals surface area contributed by atoms with Crippen molar-refractivity contribution < 1.29 is 17.9 Å². The molecule has 3 rings (SSSR count). The third-order valence-electron chi connectivity index (χ3n) is 4.53. The molecule has 3 aliphatic rings. The van der Waals surface area contributed by atoms with Gasteiger partial charge in [0, 0.05) is 39.3 Å². The van der Waals surface area contributed by atoms with Gasteiger partial charge >= 0.3 is 0 Å². The SMILES string of the molecule is O=C(C1CCCN1)N1CCN(S(=O)(=O)N2CCOCC2)CC1. The summed E-state index contributed by atoms with van der Waals surface area (Å²) in [6.45, 7) is 4.30. The molecule has 9 heteroatoms. The van der Waals surface area contributed by atoms with Crippen LogP contribution >= 0.6 is 0 Å². The molecule has 0 radical (unpaired) electrons. The van der Waals surface area contributed by atoms with Crippen LogP contribution in [0.1, 0.15) is 12.8 Å². The lowest BCUT2D eigenvalue weighted by Gasteiger charge is -2.38. The van der Waals surface area contributed by atoms with Crippen molar-refractivity contribution in [3.63, 3.8) is 0 Å². The normalized spacial score (nSPS) is 28.9. The first-order valence-corrected chi connectivity index (χ1v) is 9.34. The van der Waals surface area contributed by atoms with Crippen LogP contribution in [-0.4, -0.2) is 92.9 Å². The minimum Gasteiger partial charge on any atom is -0.379 e. The van der Waals surface area contributed by atoms with E-state index in [0.717, 1.165) is 19.4 Å². The molecule has 3 saturated heterocycles. The Morgan fingerprint density at radius 3 is 2.23 bits per heavy atom. The van der Waals surface area contributed by atoms with E-state index in [-0.39, 0.29) is 11.9 Å². The van der Waals surface area contributed by atoms with E-state index < -0.39 is 10.2 Å². The largest absolute Gasteiger partial charge is 0.379 e. The zero-order valence-corrected chi connectivity index (χ0v) is 13.6. The Hall–Kier alpha value is -0.740. The highest BCUT2D eigenvalue weighted by molar-refractivity contribution is 7.86. The highest BCUT2D eigenvalue weighted by Gasteiger charge is 2.35. The van der Waals surface area contributed by atoms with Gasteiger partial charge in [-0.15, -0.1) is 0 Å². The Balaban J connectivity index is 1.55. The first-order chi connectivity index (χ1) is 10.6. The first kappa shape index (κ1) is 16.1. The molecule has 1 unspecified atom stereocenters. The van der Waals surface area contributed by atoms with E-state index in [1.807, 2.05) is 0 Å². The molecule has 0 aromatic rings. The molecule has 3 aliphatic heterocycles. The van der Waals surface area contributed by atoms with E-state index in [4.69, 9.17) is 4.74 Å². The van der Waals surface area contributed by atoms with Crippen LogP contribution in [-0.2, 0) is 19.7 Å². The fraction of sp³-hybridized carbons (Fsp3) is 0.923. The fourth-order valence-electron chi connectivity index (χ4n) is 3.20. The minimum atomic E-state index is -3.42. The van der Waals surface area contributed by atoms with Crippen LogP contribution in [0.4, 0.5) is 0 Å². The molecule has 3 fully saturated rings. The molecule has 0 aromatic heterocycles. The van der Waals surface area contributed by atoms with Crippen LogP contribution in [0.5, 0.6) is 0 Å². The number of carbonyl (C=O) groups is 1. The predicted octanol–water partition coefficient (Wildman–Crippen LogP) is -1.54. The quantitative estimate of drug-likeness (QED) is 0.677. The van der Waals surface area contributed by atoms with Gasteiger partial charge < -0.3 is 15.0 Å². The second-order valence-corrected chi connectivity index (χ2v) is 7.82. The number of piperazine rings is 1. The molecule has 0 aliphatic carbocycles. The Morgan fingerprint density at radius 1 is 1.00 bits per heavy atom. The second-order valence-electron chi connectivity index (χ2n) is 5.89. The number of rotatable bonds is 3. The molecule has 0 aromatic carbocycles. The average Bonchev–Trinajstić information content (AvgIpc) is 3.09. The van der Waals surface area contributed by atoms with Crippen LogP contribution < -0.4 is 5.32 Å². The van der Waals surface area contributed by atoms with Gasteiger partial charge in [0.25, 0.3) is 10.2 Å². The van der Waals surface area contributed by atoms with Crippen molar-refractivity contribution >= 4 is 16.1 Å². The Labute approximate surface area is 131 Å². The lowest BCUT2D eigenvalue weighted by Crippen LogP contribution is -2.57. The third kappa shape index (κ3) is 3.28. The van der Waals surface area contributed by atoms with Crippen molar-refractivity contribution in [3.8, 4) is 0 Å². The van der Waals surface area contributed by atoms with Gasteiger partial charge in [-0.2, -0.15) is 17.0 Å². The van der Waals surface area contributed by atoms with Crippen molar-refractivity contribution in [1.29, 1.82) is 0 Å². The summed E-state index contributed by atoms with van der Waals surface area (Å²) in [5.74, 6) is 0.112. The third-order valence-corrected chi connectivity index (χ3v) is 6.57. The topological polar surface area (TPSA) is 82.2 Å². The Morgan fingerprint density at radius 2 is 1.64 bits per heavy atom. The second kappa shape index (κ2) is 6.79. The number of hydrogen-bond acceptors (Lipinski definition) is 5. The van der Waals surface area contributed by atoms with Crippen molar-refractivity contribution in [3.05, 3.63) is 0 Å². The summed E-state index contributed by atoms with van der Waals surface area (Å²) in [6, 6.07) is -0.0811. The van der Waals surface area contributed by atoms with E-state index in [1.165, 1.54) is 8.61 Å². The van der Waals surface area contributed by atoms with E-state index in [1.54, 1.807) is 4.90 Å². The van der Waals surface area contributed by atoms with Crippen molar-refractivity contribution in [2.75, 3.05) is 59.0 Å². The van der Waals surface area contributed by atoms with Crippen LogP contribution in [0, 0.1) is 0 Å². The van der Waals surface area contributed by atoms with Crippen LogP contribution in [0.15, 0.2) is 0 Å². The minimum absolute atomic E-state index is 0.0811. The summed E-state index contributed by atoms with van der Waals surface area (Å²) < 4.78 is 33.3. The van der Waals surface area contributed by atoms with Gasteiger partial charge in [-0.3, -0.25) is 4.79 Å². The lowest BCUT2D eigenvalue weighted by atomic mass is 10.2. The maximum Gasteiger partial charge on any atom is 0.282 e. The molecule has 0 spiro atoms. The lowest BCUT2D eigenvalue weighted by molar-refractivity contribution is -0.134. The zero-order valence-electron chi connectivity index (χ0n) is 12.7. The van der Waals surface area contributed by atoms with Crippen molar-refractivity contribution in [2.45, 2.75) is 18.9 Å². The molecule has 1 atom stereocenters. The summed E-state index contributed by atoms with van der Waals surface area (Å²) >= 11 is 0. The van der Waals surface area contributed by atoms with Crippen LogP contribution in [0.2, 0.25) is 0 Å². The molecule has 22 heavy (non-hydrogen) atoms. The monoisotopic (exact) mass is 332 g/mol. The number of ether oxygens (including phenoxy) is 1. The molecule has 1 N–H and O–H groups in total. The summed E-state index contributed by atoms with van der Waals surface area (Å²) in [7, 11) is -3.42. The van der Waals surface area contributed by atoms with Gasteiger partial charge in [-0.25, -0.2) is 0 Å². The zero-order chi connectivity index (χ0) is 15.6. The Bertz CT molecular complexity index is 492. The van der Waals surface area contributed by atoms with Gasteiger partial charge in [-0.1, -0.05) is 0 Å². The van der Waals surface area contributed by atoms with Gasteiger partial charge in [0.2, 0.25) is 5.91 Å². The molecule has 8 nitrogen and oxygen atoms in total. The molecule has 0 saturated carbocycles. The van der Waals surface area contributed by atoms with E-state index in [2.05, 4.69) is 5.32 Å². The molecule has 126 valence electrons. The number of amides is 1. The summed E-state index contributed by atoms with van der Waals surface area (Å²) in [5.41, 5.74) is 0. The molecule has 3 heterocycles. The van der Waals surface area contributed by atoms with Gasteiger partial charge in [0.15, 0.2) is 0 Å². The number of morpholine rings is 1. The maximum absolute atomic E-state index is 12.6. The summed E-state index contributed by atoms with van der Waals surface area (Å²) in [6.07, 6.45) is 1.91. The highest BCUT2D eigenvalue weighted by Crippen LogP contribution is 2.16. The Kier molecular flexibility index (Phi) is 4.98. The van der Waals surface area contributed by atoms with Gasteiger partial charge in [0.1, 0.15) is 0 Å². The van der Waals surface area contributed by atoms with Crippen LogP contribution in [0.3, 0.4) is 0 Å². The average molecular weight is 332 g/mol. The van der Waals surface area contributed by atoms with Crippen LogP contribution in [0.25, 0.3) is 0 Å². The number of nitrogens with one attached hydrogen (secondary N) is 1. The van der Waals surface area contributed by atoms with Crippen molar-refractivity contribution in [2.24, 2.45) is 0 Å². The predicted molar refractivity (Wildman–Crippen MR) is 80.5 cm³/mol. The number of carbonyl (C=O) groups excluding carboxylic acids is 1. The maximum atomic E-state index is 12.6. The molecule has 0 bridgehead atoms. The molecular formula is C13H24N4O4S. The van der Waals surface area contributed by atoms with E-state index in [9.17, 15) is 13.2 Å². The smallest absolute Gasteiger partial charge is 0.282 e. The van der Waals surface area contributed by atoms with Crippen molar-refractivity contribution in [1.82, 2.24) is 18.8 Å². The standard InChI is InChI=1S/C13H24N4O4S/c18-13(12-2-1-3-14-12)15-4-6-16(7-5-15)22(19,20)17-8-10-21-11-9-17/h12,14H,1-11H2. The summed E-state index contributed by atoms with van der Waals surface area (Å²) in [4.78, 5) is 14.1. The summed E-state index contributed by atoms with van der Waals surface area (Å²) in [5, 5.41) is 3.20. The highest BCUT2D eigenvalue weighted by atomic mass is 32.2. The molecule has 1 amide bonds. The first-order valence-electron chi connectivity index (χ1n) is 7.94. The van der Waals surface area contributed by atoms with Gasteiger partial charge in [0.05, 0.1) is 19.3 Å². The fourth-order valence-corrected chi connectivity index (χ4v) is 4.76.